The molecule has 4 rings (SSSR count). The van der Waals surface area contributed by atoms with E-state index in [9.17, 15) is 13.2 Å². The summed E-state index contributed by atoms with van der Waals surface area (Å²) >= 11 is 0. The monoisotopic (exact) mass is 365 g/mol. The first-order valence-corrected chi connectivity index (χ1v) is 9.90. The molecule has 0 aromatic heterocycles. The molecular weight excluding hydrogens is 346 g/mol. The minimum absolute atomic E-state index is 0.128. The minimum atomic E-state index is -3.91. The molecule has 0 N–H and O–H groups in total. The van der Waals surface area contributed by atoms with E-state index < -0.39 is 15.4 Å². The Kier molecular flexibility index (Phi) is 3.50. The van der Waals surface area contributed by atoms with Crippen LogP contribution in [0.1, 0.15) is 19.4 Å². The predicted octanol–water partition coefficient (Wildman–Crippen LogP) is 1.88. The van der Waals surface area contributed by atoms with Gasteiger partial charge in [-0.3, -0.25) is 4.79 Å². The number of benzene rings is 2. The van der Waals surface area contributed by atoms with Gasteiger partial charge in [-0.25, -0.2) is 8.42 Å². The summed E-state index contributed by atoms with van der Waals surface area (Å²) in [6.07, 6.45) is 3.66. The van der Waals surface area contributed by atoms with Crippen molar-refractivity contribution in [1.29, 1.82) is 0 Å². The minimum Gasteiger partial charge on any atom is -0.333 e. The van der Waals surface area contributed by atoms with Crippen molar-refractivity contribution < 1.29 is 13.2 Å². The van der Waals surface area contributed by atoms with E-state index in [2.05, 4.69) is 0 Å². The molecule has 4 nitrogen and oxygen atoms in total. The lowest BCUT2D eigenvalue weighted by Gasteiger charge is -2.31. The molecule has 5 heteroatoms. The van der Waals surface area contributed by atoms with E-state index in [0.717, 1.165) is 16.0 Å². The van der Waals surface area contributed by atoms with Crippen LogP contribution in [0.3, 0.4) is 0 Å². The first-order valence-electron chi connectivity index (χ1n) is 8.42. The number of hydrogen-bond acceptors (Lipinski definition) is 4. The maximum absolute atomic E-state index is 13.3. The lowest BCUT2D eigenvalue weighted by Crippen LogP contribution is -2.44. The molecule has 0 bridgehead atoms. The van der Waals surface area contributed by atoms with E-state index >= 15 is 0 Å². The molecule has 2 aliphatic rings. The highest BCUT2D eigenvalue weighted by Crippen LogP contribution is 2.40. The topological polar surface area (TPSA) is 54.5 Å². The van der Waals surface area contributed by atoms with Crippen molar-refractivity contribution in [3.8, 4) is 0 Å². The third-order valence-electron chi connectivity index (χ3n) is 5.01. The highest BCUT2D eigenvalue weighted by Gasteiger charge is 2.50. The molecule has 0 aliphatic carbocycles. The summed E-state index contributed by atoms with van der Waals surface area (Å²) in [4.78, 5) is 14.9. The number of fused-ring (bicyclic) bond motifs is 2. The van der Waals surface area contributed by atoms with Crippen LogP contribution < -0.4 is 10.4 Å². The van der Waals surface area contributed by atoms with Gasteiger partial charge < -0.3 is 4.90 Å². The van der Waals surface area contributed by atoms with E-state index in [1.807, 2.05) is 37.4 Å². The van der Waals surface area contributed by atoms with Crippen LogP contribution in [0.25, 0.3) is 12.3 Å². The lowest BCUT2D eigenvalue weighted by atomic mass is 10.0. The maximum atomic E-state index is 13.3. The second kappa shape index (κ2) is 5.42. The van der Waals surface area contributed by atoms with E-state index in [1.165, 1.54) is 0 Å². The largest absolute Gasteiger partial charge is 0.333 e. The predicted molar refractivity (Wildman–Crippen MR) is 101 cm³/mol. The van der Waals surface area contributed by atoms with Crippen LogP contribution in [0, 0.1) is 6.92 Å². The smallest absolute Gasteiger partial charge is 0.212 e. The van der Waals surface area contributed by atoms with Gasteiger partial charge in [-0.2, -0.15) is 0 Å². The number of carbonyl (C=O) groups is 1. The summed E-state index contributed by atoms with van der Waals surface area (Å²) in [6, 6.07) is 14.3. The molecule has 0 spiro atoms. The third kappa shape index (κ3) is 2.27. The third-order valence-corrected chi connectivity index (χ3v) is 6.84. The summed E-state index contributed by atoms with van der Waals surface area (Å²) in [5.41, 5.74) is 0.457. The molecule has 132 valence electrons. The number of aryl methyl sites for hydroxylation is 1. The Balaban J connectivity index is 2.02. The quantitative estimate of drug-likeness (QED) is 0.815. The molecule has 26 heavy (non-hydrogen) atoms. The summed E-state index contributed by atoms with van der Waals surface area (Å²) in [7, 11) is -3.91. The van der Waals surface area contributed by atoms with E-state index in [0.29, 0.717) is 5.70 Å². The zero-order valence-corrected chi connectivity index (χ0v) is 15.7. The van der Waals surface area contributed by atoms with Gasteiger partial charge in [0, 0.05) is 6.20 Å². The zero-order valence-electron chi connectivity index (χ0n) is 14.9. The van der Waals surface area contributed by atoms with Gasteiger partial charge in [-0.05, 0) is 49.4 Å². The van der Waals surface area contributed by atoms with Crippen LogP contribution in [0.2, 0.25) is 0 Å². The number of nitrogens with zero attached hydrogens (tertiary/aromatic N) is 1. The first-order chi connectivity index (χ1) is 12.2. The number of Topliss-reactive ketones (excluding diaryl/α,β-unsaturated/α-hetero) is 1. The summed E-state index contributed by atoms with van der Waals surface area (Å²) in [6.45, 7) is 5.40. The van der Waals surface area contributed by atoms with Crippen molar-refractivity contribution in [2.24, 2.45) is 0 Å². The Morgan fingerprint density at radius 1 is 0.923 bits per heavy atom. The highest BCUT2D eigenvalue weighted by molar-refractivity contribution is 7.96. The Hall–Kier alpha value is -2.66. The maximum Gasteiger partial charge on any atom is 0.212 e. The first kappa shape index (κ1) is 16.8. The Morgan fingerprint density at radius 2 is 1.54 bits per heavy atom. The van der Waals surface area contributed by atoms with Crippen LogP contribution in [0.4, 0.5) is 0 Å². The Morgan fingerprint density at radius 3 is 2.19 bits per heavy atom. The number of allylic oxidation sites excluding steroid dienone is 1. The summed E-state index contributed by atoms with van der Waals surface area (Å²) in [5.74, 6) is -0.381. The van der Waals surface area contributed by atoms with Gasteiger partial charge in [0.25, 0.3) is 0 Å². The van der Waals surface area contributed by atoms with E-state index in [4.69, 9.17) is 0 Å². The Bertz CT molecular complexity index is 1190. The number of ketones is 1. The SMILES string of the molecule is Cc1ccc(S(=O)(=O)C2=C3C=c4ccccc4=CN3C(C)(C)C2=O)cc1. The highest BCUT2D eigenvalue weighted by atomic mass is 32.2. The molecule has 0 unspecified atom stereocenters. The number of sulfone groups is 1. The molecule has 2 aromatic carbocycles. The molecule has 0 atom stereocenters. The average molecular weight is 365 g/mol. The van der Waals surface area contributed by atoms with Crippen molar-refractivity contribution in [2.75, 3.05) is 0 Å². The second-order valence-electron chi connectivity index (χ2n) is 7.19. The standard InChI is InChI=1S/C21H19NO3S/c1-14-8-10-17(11-9-14)26(24,25)19-18-12-15-6-4-5-7-16(15)13-22(18)21(2,3)20(19)23/h4-13H,1-3H3. The number of carbonyl (C=O) groups excluding carboxylic acids is 1. The fourth-order valence-corrected chi connectivity index (χ4v) is 5.08. The molecule has 2 aromatic rings. The van der Waals surface area contributed by atoms with Gasteiger partial charge in [0.05, 0.1) is 10.6 Å². The van der Waals surface area contributed by atoms with Crippen LogP contribution in [0.15, 0.2) is 64.0 Å². The summed E-state index contributed by atoms with van der Waals surface area (Å²) in [5, 5.41) is 1.87. The van der Waals surface area contributed by atoms with Crippen molar-refractivity contribution >= 4 is 27.9 Å². The van der Waals surface area contributed by atoms with Crippen LogP contribution >= 0.6 is 0 Å². The van der Waals surface area contributed by atoms with Gasteiger partial charge >= 0.3 is 0 Å². The Labute approximate surface area is 152 Å². The second-order valence-corrected chi connectivity index (χ2v) is 9.08. The molecule has 0 radical (unpaired) electrons. The lowest BCUT2D eigenvalue weighted by molar-refractivity contribution is -0.120. The molecule has 2 aliphatic heterocycles. The zero-order chi connectivity index (χ0) is 18.7. The van der Waals surface area contributed by atoms with Crippen LogP contribution in [-0.4, -0.2) is 24.6 Å². The molecule has 2 heterocycles. The molecule has 0 fully saturated rings. The van der Waals surface area contributed by atoms with Crippen molar-refractivity contribution in [2.45, 2.75) is 31.2 Å². The number of hydrogen-bond donors (Lipinski definition) is 0. The van der Waals surface area contributed by atoms with E-state index in [-0.39, 0.29) is 15.6 Å². The molecular formula is C21H19NO3S. The van der Waals surface area contributed by atoms with Crippen molar-refractivity contribution in [3.05, 3.63) is 75.1 Å². The van der Waals surface area contributed by atoms with Crippen molar-refractivity contribution in [1.82, 2.24) is 4.90 Å². The van der Waals surface area contributed by atoms with Gasteiger partial charge in [-0.15, -0.1) is 0 Å². The van der Waals surface area contributed by atoms with Crippen molar-refractivity contribution in [3.63, 3.8) is 0 Å². The molecule has 0 saturated carbocycles. The van der Waals surface area contributed by atoms with Gasteiger partial charge in [0.1, 0.15) is 10.4 Å². The normalized spacial score (nSPS) is 18.1. The van der Waals surface area contributed by atoms with Crippen LogP contribution in [0.5, 0.6) is 0 Å². The van der Waals surface area contributed by atoms with Gasteiger partial charge in [0.2, 0.25) is 15.6 Å². The fraction of sp³-hybridized carbons (Fsp3) is 0.190. The molecule has 0 saturated heterocycles. The summed E-state index contributed by atoms with van der Waals surface area (Å²) < 4.78 is 26.5. The van der Waals surface area contributed by atoms with Gasteiger partial charge in [0.15, 0.2) is 0 Å². The van der Waals surface area contributed by atoms with E-state index in [1.54, 1.807) is 49.1 Å². The number of rotatable bonds is 2. The van der Waals surface area contributed by atoms with Gasteiger partial charge in [-0.1, -0.05) is 42.0 Å². The average Bonchev–Trinajstić information content (AvgIpc) is 2.80. The molecule has 0 amide bonds. The fourth-order valence-electron chi connectivity index (χ4n) is 3.42. The van der Waals surface area contributed by atoms with Crippen LogP contribution in [-0.2, 0) is 14.6 Å².